The molecule has 1 atom stereocenters. The van der Waals surface area contributed by atoms with Gasteiger partial charge in [-0.15, -0.1) is 0 Å². The van der Waals surface area contributed by atoms with Gasteiger partial charge >= 0.3 is 0 Å². The molecular formula is C20H22F2N4O2. The van der Waals surface area contributed by atoms with E-state index >= 15 is 0 Å². The van der Waals surface area contributed by atoms with Crippen molar-refractivity contribution in [3.05, 3.63) is 53.4 Å². The predicted octanol–water partition coefficient (Wildman–Crippen LogP) is 2.35. The van der Waals surface area contributed by atoms with Crippen LogP contribution in [0.5, 0.6) is 0 Å². The highest BCUT2D eigenvalue weighted by molar-refractivity contribution is 6.00. The number of amides is 1. The molecule has 3 N–H and O–H groups in total. The smallest absolute Gasteiger partial charge is 0.256 e. The van der Waals surface area contributed by atoms with E-state index in [1.54, 1.807) is 13.0 Å². The van der Waals surface area contributed by atoms with Crippen LogP contribution in [0.1, 0.15) is 28.8 Å². The normalized spacial score (nSPS) is 20.7. The molecule has 2 saturated heterocycles. The van der Waals surface area contributed by atoms with Crippen molar-refractivity contribution in [2.75, 3.05) is 25.0 Å². The van der Waals surface area contributed by atoms with Gasteiger partial charge in [-0.1, -0.05) is 6.07 Å². The SMILES string of the molecule is Cc1ccc(Nc2c(C(=O)N3CC(O)([C@@H]4CCCN4)C3)ccnc2F)c(F)c1. The first-order chi connectivity index (χ1) is 13.4. The molecule has 2 fully saturated rings. The van der Waals surface area contributed by atoms with Crippen LogP contribution >= 0.6 is 0 Å². The van der Waals surface area contributed by atoms with E-state index in [1.165, 1.54) is 29.3 Å². The molecule has 1 aromatic carbocycles. The standard InChI is InChI=1S/C20H22F2N4O2/c1-12-4-5-15(14(21)9-12)25-17-13(6-8-24-18(17)22)19(27)26-10-20(28,11-26)16-3-2-7-23-16/h4-6,8-9,16,23,25,28H,2-3,7,10-11H2,1H3/t16-/m0/s1. The van der Waals surface area contributed by atoms with E-state index in [1.807, 2.05) is 0 Å². The molecule has 0 saturated carbocycles. The minimum absolute atomic E-state index is 0.0371. The second-order valence-corrected chi connectivity index (χ2v) is 7.55. The third-order valence-electron chi connectivity index (χ3n) is 5.44. The summed E-state index contributed by atoms with van der Waals surface area (Å²) in [5.41, 5.74) is -0.305. The van der Waals surface area contributed by atoms with E-state index in [0.717, 1.165) is 24.9 Å². The highest BCUT2D eigenvalue weighted by atomic mass is 19.1. The van der Waals surface area contributed by atoms with Crippen molar-refractivity contribution in [3.63, 3.8) is 0 Å². The summed E-state index contributed by atoms with van der Waals surface area (Å²) in [4.78, 5) is 17.9. The van der Waals surface area contributed by atoms with E-state index in [4.69, 9.17) is 0 Å². The fourth-order valence-corrected chi connectivity index (χ4v) is 3.88. The first-order valence-corrected chi connectivity index (χ1v) is 9.30. The summed E-state index contributed by atoms with van der Waals surface area (Å²) in [6, 6.07) is 5.85. The molecule has 1 aromatic heterocycles. The number of aryl methyl sites for hydroxylation is 1. The van der Waals surface area contributed by atoms with Crippen LogP contribution in [0.15, 0.2) is 30.5 Å². The Morgan fingerprint density at radius 1 is 1.36 bits per heavy atom. The van der Waals surface area contributed by atoms with E-state index in [-0.39, 0.29) is 36.1 Å². The number of aromatic nitrogens is 1. The van der Waals surface area contributed by atoms with Gasteiger partial charge in [0, 0.05) is 12.2 Å². The fourth-order valence-electron chi connectivity index (χ4n) is 3.88. The number of rotatable bonds is 4. The number of aliphatic hydroxyl groups is 1. The monoisotopic (exact) mass is 388 g/mol. The van der Waals surface area contributed by atoms with Gasteiger partial charge in [-0.25, -0.2) is 9.37 Å². The Morgan fingerprint density at radius 2 is 2.14 bits per heavy atom. The zero-order valence-electron chi connectivity index (χ0n) is 15.5. The number of nitrogens with zero attached hydrogens (tertiary/aromatic N) is 2. The number of β-amino-alcohol motifs (C(OH)–C–C–N with tert-alkyl or cyclic N) is 1. The lowest BCUT2D eigenvalue weighted by Crippen LogP contribution is -2.70. The number of carbonyl (C=O) groups is 1. The number of halogens is 2. The Hall–Kier alpha value is -2.58. The highest BCUT2D eigenvalue weighted by Gasteiger charge is 2.50. The van der Waals surface area contributed by atoms with Crippen LogP contribution in [0, 0.1) is 18.7 Å². The number of anilines is 2. The van der Waals surface area contributed by atoms with Crippen molar-refractivity contribution in [2.24, 2.45) is 0 Å². The number of benzene rings is 1. The summed E-state index contributed by atoms with van der Waals surface area (Å²) < 4.78 is 28.5. The lowest BCUT2D eigenvalue weighted by atomic mass is 9.84. The molecule has 6 nitrogen and oxygen atoms in total. The second-order valence-electron chi connectivity index (χ2n) is 7.55. The van der Waals surface area contributed by atoms with Crippen LogP contribution in [0.2, 0.25) is 0 Å². The van der Waals surface area contributed by atoms with E-state index in [2.05, 4.69) is 15.6 Å². The van der Waals surface area contributed by atoms with Crippen molar-refractivity contribution in [3.8, 4) is 0 Å². The van der Waals surface area contributed by atoms with Crippen molar-refractivity contribution >= 4 is 17.3 Å². The van der Waals surface area contributed by atoms with Crippen molar-refractivity contribution < 1.29 is 18.7 Å². The molecule has 0 aliphatic carbocycles. The first kappa shape index (κ1) is 18.8. The van der Waals surface area contributed by atoms with Gasteiger partial charge in [-0.2, -0.15) is 4.39 Å². The Balaban J connectivity index is 1.55. The lowest BCUT2D eigenvalue weighted by Gasteiger charge is -2.49. The molecule has 2 aliphatic rings. The van der Waals surface area contributed by atoms with Gasteiger partial charge < -0.3 is 20.6 Å². The molecule has 148 valence electrons. The van der Waals surface area contributed by atoms with Crippen LogP contribution in [0.4, 0.5) is 20.2 Å². The van der Waals surface area contributed by atoms with Crippen molar-refractivity contribution in [1.82, 2.24) is 15.2 Å². The van der Waals surface area contributed by atoms with Crippen LogP contribution < -0.4 is 10.6 Å². The fraction of sp³-hybridized carbons (Fsp3) is 0.400. The molecule has 0 unspecified atom stereocenters. The maximum absolute atomic E-state index is 14.4. The first-order valence-electron chi connectivity index (χ1n) is 9.30. The van der Waals surface area contributed by atoms with E-state index in [9.17, 15) is 18.7 Å². The van der Waals surface area contributed by atoms with E-state index < -0.39 is 23.3 Å². The van der Waals surface area contributed by atoms with Crippen LogP contribution in [0.25, 0.3) is 0 Å². The molecule has 4 rings (SSSR count). The molecule has 0 spiro atoms. The van der Waals surface area contributed by atoms with Crippen LogP contribution in [0.3, 0.4) is 0 Å². The minimum Gasteiger partial charge on any atom is -0.385 e. The van der Waals surface area contributed by atoms with Gasteiger partial charge in [0.25, 0.3) is 5.91 Å². The molecule has 8 heteroatoms. The number of hydrogen-bond acceptors (Lipinski definition) is 5. The molecular weight excluding hydrogens is 366 g/mol. The molecule has 0 bridgehead atoms. The summed E-state index contributed by atoms with van der Waals surface area (Å²) >= 11 is 0. The Labute approximate surface area is 161 Å². The third kappa shape index (κ3) is 3.33. The van der Waals surface area contributed by atoms with Gasteiger partial charge in [0.1, 0.15) is 17.1 Å². The summed E-state index contributed by atoms with van der Waals surface area (Å²) in [6.07, 6.45) is 3.05. The summed E-state index contributed by atoms with van der Waals surface area (Å²) in [7, 11) is 0. The zero-order valence-corrected chi connectivity index (χ0v) is 15.5. The number of nitrogens with one attached hydrogen (secondary N) is 2. The van der Waals surface area contributed by atoms with Gasteiger partial charge in [-0.05, 0) is 50.1 Å². The van der Waals surface area contributed by atoms with Crippen molar-refractivity contribution in [2.45, 2.75) is 31.4 Å². The molecule has 0 radical (unpaired) electrons. The molecule has 2 aromatic rings. The zero-order chi connectivity index (χ0) is 19.9. The maximum atomic E-state index is 14.4. The Morgan fingerprint density at radius 3 is 2.82 bits per heavy atom. The largest absolute Gasteiger partial charge is 0.385 e. The third-order valence-corrected chi connectivity index (χ3v) is 5.44. The Kier molecular flexibility index (Phi) is 4.76. The summed E-state index contributed by atoms with van der Waals surface area (Å²) in [5, 5.41) is 16.6. The second kappa shape index (κ2) is 7.10. The summed E-state index contributed by atoms with van der Waals surface area (Å²) in [5.74, 6) is -1.87. The highest BCUT2D eigenvalue weighted by Crippen LogP contribution is 2.33. The summed E-state index contributed by atoms with van der Waals surface area (Å²) in [6.45, 7) is 2.95. The molecule has 2 aliphatic heterocycles. The number of carbonyl (C=O) groups excluding carboxylic acids is 1. The predicted molar refractivity (Wildman–Crippen MR) is 100 cm³/mol. The van der Waals surface area contributed by atoms with Gasteiger partial charge in [-0.3, -0.25) is 4.79 Å². The average molecular weight is 388 g/mol. The van der Waals surface area contributed by atoms with Gasteiger partial charge in [0.15, 0.2) is 0 Å². The number of hydrogen-bond donors (Lipinski definition) is 3. The number of pyridine rings is 1. The van der Waals surface area contributed by atoms with Gasteiger partial charge in [0.2, 0.25) is 5.95 Å². The number of likely N-dealkylation sites (tertiary alicyclic amines) is 1. The average Bonchev–Trinajstić information content (AvgIpc) is 3.17. The quantitative estimate of drug-likeness (QED) is 0.701. The maximum Gasteiger partial charge on any atom is 0.256 e. The van der Waals surface area contributed by atoms with E-state index in [0.29, 0.717) is 0 Å². The van der Waals surface area contributed by atoms with Crippen LogP contribution in [-0.2, 0) is 0 Å². The molecule has 3 heterocycles. The minimum atomic E-state index is -0.964. The molecule has 1 amide bonds. The lowest BCUT2D eigenvalue weighted by molar-refractivity contribution is -0.100. The topological polar surface area (TPSA) is 77.5 Å². The van der Waals surface area contributed by atoms with Crippen LogP contribution in [-0.4, -0.2) is 52.2 Å². The van der Waals surface area contributed by atoms with Crippen molar-refractivity contribution in [1.29, 1.82) is 0 Å². The van der Waals surface area contributed by atoms with Gasteiger partial charge in [0.05, 0.1) is 24.3 Å². The molecule has 28 heavy (non-hydrogen) atoms. The Bertz CT molecular complexity index is 909.